The highest BCUT2D eigenvalue weighted by molar-refractivity contribution is 7.73. The van der Waals surface area contributed by atoms with Gasteiger partial charge < -0.3 is 19.6 Å². The molecule has 2 heterocycles. The third kappa shape index (κ3) is 5.57. The molecule has 10 heteroatoms. The molecule has 34 heavy (non-hydrogen) atoms. The maximum Gasteiger partial charge on any atom is 0.260 e. The van der Waals surface area contributed by atoms with Crippen molar-refractivity contribution in [2.45, 2.75) is 18.9 Å². The molecule has 0 aliphatic carbocycles. The number of amides is 1. The molecule has 2 aromatic carbocycles. The van der Waals surface area contributed by atoms with Gasteiger partial charge in [0.05, 0.1) is 17.3 Å². The lowest BCUT2D eigenvalue weighted by molar-refractivity contribution is -0.132. The van der Waals surface area contributed by atoms with Gasteiger partial charge in [-0.2, -0.15) is 0 Å². The lowest BCUT2D eigenvalue weighted by Crippen LogP contribution is -2.33. The molecular weight excluding hydrogens is 456 g/mol. The standard InChI is InChI=1S/C24H28N4O5S/c1-27(13-10-17-5-2-3-7-21(17)28-14-11-18(29)15-28)23(30)16-33-22-9-8-20(26-34(31)32)24-19(22)6-4-12-25-24/h2-9,12,18,29,34H,10-11,13-16H2,1H3,(H,26,31,32)/t18-/m0/s1. The molecule has 1 atom stereocenters. The van der Waals surface area contributed by atoms with Gasteiger partial charge in [-0.1, -0.05) is 18.2 Å². The maximum absolute atomic E-state index is 12.7. The minimum atomic E-state index is -2.82. The summed E-state index contributed by atoms with van der Waals surface area (Å²) < 4.78 is 30.3. The molecule has 0 spiro atoms. The molecule has 0 saturated carbocycles. The van der Waals surface area contributed by atoms with E-state index < -0.39 is 10.9 Å². The van der Waals surface area contributed by atoms with E-state index in [1.165, 1.54) is 0 Å². The number of nitrogens with zero attached hydrogens (tertiary/aromatic N) is 3. The summed E-state index contributed by atoms with van der Waals surface area (Å²) >= 11 is 0. The van der Waals surface area contributed by atoms with Crippen molar-refractivity contribution in [1.82, 2.24) is 9.88 Å². The molecule has 180 valence electrons. The van der Waals surface area contributed by atoms with Crippen molar-refractivity contribution in [3.63, 3.8) is 0 Å². The van der Waals surface area contributed by atoms with E-state index in [0.717, 1.165) is 24.2 Å². The molecule has 1 fully saturated rings. The Hall–Kier alpha value is -3.37. The summed E-state index contributed by atoms with van der Waals surface area (Å²) in [6, 6.07) is 14.8. The Morgan fingerprint density at radius 1 is 1.24 bits per heavy atom. The first-order valence-electron chi connectivity index (χ1n) is 11.1. The molecule has 4 rings (SSSR count). The highest BCUT2D eigenvalue weighted by Gasteiger charge is 2.22. The zero-order chi connectivity index (χ0) is 24.1. The normalized spacial score (nSPS) is 15.6. The molecule has 1 aliphatic heterocycles. The predicted octanol–water partition coefficient (Wildman–Crippen LogP) is 1.82. The number of hydrogen-bond donors (Lipinski definition) is 3. The van der Waals surface area contributed by atoms with E-state index in [-0.39, 0.29) is 18.6 Å². The number of aromatic nitrogens is 1. The van der Waals surface area contributed by atoms with Crippen LogP contribution in [0.25, 0.3) is 10.9 Å². The summed E-state index contributed by atoms with van der Waals surface area (Å²) in [5, 5.41) is 10.5. The second kappa shape index (κ2) is 10.7. The van der Waals surface area contributed by atoms with Crippen LogP contribution >= 0.6 is 0 Å². The van der Waals surface area contributed by atoms with Gasteiger partial charge in [-0.15, -0.1) is 0 Å². The fourth-order valence-electron chi connectivity index (χ4n) is 4.11. The Kier molecular flexibility index (Phi) is 7.49. The van der Waals surface area contributed by atoms with Gasteiger partial charge in [0.2, 0.25) is 10.9 Å². The number of rotatable bonds is 9. The molecule has 0 bridgehead atoms. The third-order valence-electron chi connectivity index (χ3n) is 5.93. The van der Waals surface area contributed by atoms with Crippen LogP contribution in [0.1, 0.15) is 12.0 Å². The molecule has 0 radical (unpaired) electrons. The number of ether oxygens (including phenoxy) is 1. The number of anilines is 2. The number of aliphatic hydroxyl groups excluding tert-OH is 1. The topological polar surface area (TPSA) is 112 Å². The highest BCUT2D eigenvalue weighted by atomic mass is 32.2. The average Bonchev–Trinajstić information content (AvgIpc) is 3.27. The van der Waals surface area contributed by atoms with Crippen LogP contribution in [0.4, 0.5) is 11.4 Å². The number of carbonyl (C=O) groups excluding carboxylic acids is 1. The largest absolute Gasteiger partial charge is 0.483 e. The first-order chi connectivity index (χ1) is 16.4. The van der Waals surface area contributed by atoms with Crippen molar-refractivity contribution in [1.29, 1.82) is 0 Å². The van der Waals surface area contributed by atoms with E-state index >= 15 is 0 Å². The summed E-state index contributed by atoms with van der Waals surface area (Å²) in [4.78, 5) is 20.8. The van der Waals surface area contributed by atoms with Gasteiger partial charge in [-0.3, -0.25) is 14.5 Å². The zero-order valence-corrected chi connectivity index (χ0v) is 19.8. The Balaban J connectivity index is 1.38. The molecule has 1 aromatic heterocycles. The molecule has 0 unspecified atom stereocenters. The minimum absolute atomic E-state index is 0.150. The highest BCUT2D eigenvalue weighted by Crippen LogP contribution is 2.30. The zero-order valence-electron chi connectivity index (χ0n) is 18.9. The van der Waals surface area contributed by atoms with Crippen LogP contribution in [-0.2, 0) is 22.1 Å². The summed E-state index contributed by atoms with van der Waals surface area (Å²) in [7, 11) is -1.08. The number of para-hydroxylation sites is 1. The van der Waals surface area contributed by atoms with Crippen molar-refractivity contribution in [2.24, 2.45) is 0 Å². The number of aliphatic hydroxyl groups is 1. The summed E-state index contributed by atoms with van der Waals surface area (Å²) in [5.74, 6) is 0.283. The number of pyridine rings is 1. The predicted molar refractivity (Wildman–Crippen MR) is 132 cm³/mol. The Morgan fingerprint density at radius 2 is 2.06 bits per heavy atom. The second-order valence-electron chi connectivity index (χ2n) is 8.25. The van der Waals surface area contributed by atoms with Crippen LogP contribution < -0.4 is 14.4 Å². The van der Waals surface area contributed by atoms with Gasteiger partial charge in [0.1, 0.15) is 5.75 Å². The summed E-state index contributed by atoms with van der Waals surface area (Å²) in [5.41, 5.74) is 3.04. The molecule has 2 N–H and O–H groups in total. The van der Waals surface area contributed by atoms with Crippen LogP contribution in [0.2, 0.25) is 0 Å². The number of nitrogens with one attached hydrogen (secondary N) is 1. The second-order valence-corrected chi connectivity index (χ2v) is 8.99. The third-order valence-corrected chi connectivity index (χ3v) is 6.35. The summed E-state index contributed by atoms with van der Waals surface area (Å²) in [6.07, 6.45) is 2.72. The molecular formula is C24H28N4O5S. The van der Waals surface area contributed by atoms with Gasteiger partial charge in [-0.05, 0) is 48.7 Å². The van der Waals surface area contributed by atoms with Crippen molar-refractivity contribution < 1.29 is 23.1 Å². The van der Waals surface area contributed by atoms with E-state index in [9.17, 15) is 18.3 Å². The van der Waals surface area contributed by atoms with Gasteiger partial charge in [0.25, 0.3) is 5.91 Å². The van der Waals surface area contributed by atoms with Gasteiger partial charge in [0, 0.05) is 44.0 Å². The lowest BCUT2D eigenvalue weighted by atomic mass is 10.1. The van der Waals surface area contributed by atoms with Crippen LogP contribution in [0, 0.1) is 0 Å². The number of benzene rings is 2. The molecule has 3 aromatic rings. The SMILES string of the molecule is CN(CCc1ccccc1N1CC[C@H](O)C1)C(=O)COc1ccc(N[SH](=O)=O)c2ncccc12. The van der Waals surface area contributed by atoms with Crippen LogP contribution in [0.15, 0.2) is 54.7 Å². The van der Waals surface area contributed by atoms with Crippen molar-refractivity contribution in [3.05, 3.63) is 60.3 Å². The molecule has 9 nitrogen and oxygen atoms in total. The quantitative estimate of drug-likeness (QED) is 0.397. The lowest BCUT2D eigenvalue weighted by Gasteiger charge is -2.23. The minimum Gasteiger partial charge on any atom is -0.483 e. The van der Waals surface area contributed by atoms with Gasteiger partial charge in [0.15, 0.2) is 6.61 Å². The van der Waals surface area contributed by atoms with Crippen LogP contribution in [0.5, 0.6) is 5.75 Å². The van der Waals surface area contributed by atoms with Gasteiger partial charge >= 0.3 is 0 Å². The van der Waals surface area contributed by atoms with E-state index in [1.807, 2.05) is 12.1 Å². The fourth-order valence-corrected chi connectivity index (χ4v) is 4.49. The van der Waals surface area contributed by atoms with E-state index in [0.29, 0.717) is 41.9 Å². The number of thiol groups is 1. The van der Waals surface area contributed by atoms with E-state index in [2.05, 4.69) is 26.7 Å². The number of likely N-dealkylation sites (N-methyl/N-ethyl adjacent to an activating group) is 1. The molecule has 1 saturated heterocycles. The number of carbonyl (C=O) groups is 1. The molecule has 1 amide bonds. The number of hydrogen-bond acceptors (Lipinski definition) is 7. The Morgan fingerprint density at radius 3 is 2.82 bits per heavy atom. The average molecular weight is 485 g/mol. The van der Waals surface area contributed by atoms with E-state index in [1.54, 1.807) is 42.4 Å². The summed E-state index contributed by atoms with van der Waals surface area (Å²) in [6.45, 7) is 1.83. The first-order valence-corrected chi connectivity index (χ1v) is 12.3. The number of fused-ring (bicyclic) bond motifs is 1. The maximum atomic E-state index is 12.7. The van der Waals surface area contributed by atoms with Crippen molar-refractivity contribution in [3.8, 4) is 5.75 Å². The van der Waals surface area contributed by atoms with Crippen LogP contribution in [0.3, 0.4) is 0 Å². The van der Waals surface area contributed by atoms with Gasteiger partial charge in [-0.25, -0.2) is 8.42 Å². The van der Waals surface area contributed by atoms with Crippen LogP contribution in [-0.4, -0.2) is 68.7 Å². The van der Waals surface area contributed by atoms with Crippen molar-refractivity contribution in [2.75, 3.05) is 42.9 Å². The fraction of sp³-hybridized carbons (Fsp3) is 0.333. The molecule has 1 aliphatic rings. The number of β-amino-alcohol motifs (C(OH)–C–C–N with tert-alkyl or cyclic N) is 1. The first kappa shape index (κ1) is 23.8. The van der Waals surface area contributed by atoms with Crippen molar-refractivity contribution >= 4 is 39.1 Å². The Labute approximate surface area is 200 Å². The Bertz CT molecular complexity index is 1240. The smallest absolute Gasteiger partial charge is 0.260 e. The van der Waals surface area contributed by atoms with E-state index in [4.69, 9.17) is 4.74 Å². The monoisotopic (exact) mass is 484 g/mol.